The maximum absolute atomic E-state index is 16.4. The molecular weight excluding hydrogens is 587 g/mol. The van der Waals surface area contributed by atoms with Crippen LogP contribution in [0.1, 0.15) is 78.2 Å². The topological polar surface area (TPSA) is 120 Å². The van der Waals surface area contributed by atoms with E-state index in [1.54, 1.807) is 104 Å². The van der Waals surface area contributed by atoms with E-state index in [9.17, 15) is 14.1 Å². The fourth-order valence-corrected chi connectivity index (χ4v) is 5.22. The van der Waals surface area contributed by atoms with Crippen molar-refractivity contribution in [3.63, 3.8) is 0 Å². The van der Waals surface area contributed by atoms with Crippen molar-refractivity contribution in [2.75, 3.05) is 7.11 Å². The molecule has 44 heavy (non-hydrogen) atoms. The first-order valence-corrected chi connectivity index (χ1v) is 15.3. The second-order valence-corrected chi connectivity index (χ2v) is 14.6. The number of carbonyl (C=O) groups is 2. The molecular formula is C32H39FN4O6S. The highest BCUT2D eigenvalue weighted by Gasteiger charge is 2.30. The number of rotatable bonds is 6. The molecule has 2 aromatic carbocycles. The third-order valence-electron chi connectivity index (χ3n) is 6.58. The molecule has 1 atom stereocenters. The zero-order chi connectivity index (χ0) is 32.9. The summed E-state index contributed by atoms with van der Waals surface area (Å²) in [5, 5.41) is 0.414. The van der Waals surface area contributed by atoms with Crippen LogP contribution in [0, 0.1) is 5.82 Å². The van der Waals surface area contributed by atoms with Crippen molar-refractivity contribution < 1.29 is 32.7 Å². The molecule has 0 saturated carbocycles. The number of carbonyl (C=O) groups excluding carboxylic acids is 2. The van der Waals surface area contributed by atoms with Gasteiger partial charge in [0, 0.05) is 18.0 Å². The van der Waals surface area contributed by atoms with Crippen LogP contribution >= 0.6 is 0 Å². The highest BCUT2D eigenvalue weighted by molar-refractivity contribution is 7.91. The van der Waals surface area contributed by atoms with Crippen molar-refractivity contribution in [3.05, 3.63) is 47.3 Å². The SMILES string of the molecule is COc1cc(C(=O)OC(C)C)cc2nc(-c3cc4ccc(/C(C)=N/[S@@+]([O-])C(C)(C)C)c(F)c4n3C(=O)OC(C)(C)C)n(C)c12. The summed E-state index contributed by atoms with van der Waals surface area (Å²) >= 11 is -1.62. The van der Waals surface area contributed by atoms with Crippen LogP contribution in [-0.2, 0) is 27.9 Å². The lowest BCUT2D eigenvalue weighted by molar-refractivity contribution is 0.0377. The van der Waals surface area contributed by atoms with Gasteiger partial charge in [-0.15, -0.1) is 0 Å². The smallest absolute Gasteiger partial charge is 0.419 e. The van der Waals surface area contributed by atoms with E-state index in [2.05, 4.69) is 4.40 Å². The number of hydrogen-bond acceptors (Lipinski definition) is 8. The molecule has 0 radical (unpaired) electrons. The third-order valence-corrected chi connectivity index (χ3v) is 8.06. The summed E-state index contributed by atoms with van der Waals surface area (Å²) in [6.45, 7) is 15.6. The lowest BCUT2D eigenvalue weighted by atomic mass is 10.1. The Balaban J connectivity index is 2.01. The Morgan fingerprint density at radius 1 is 1.07 bits per heavy atom. The number of aryl methyl sites for hydroxylation is 1. The lowest BCUT2D eigenvalue weighted by Gasteiger charge is -2.21. The summed E-state index contributed by atoms with van der Waals surface area (Å²) in [5.74, 6) is -0.586. The number of benzene rings is 2. The zero-order valence-electron chi connectivity index (χ0n) is 27.0. The highest BCUT2D eigenvalue weighted by Crippen LogP contribution is 2.36. The Labute approximate surface area is 259 Å². The summed E-state index contributed by atoms with van der Waals surface area (Å²) in [4.78, 5) is 31.2. The van der Waals surface area contributed by atoms with Gasteiger partial charge in [0.15, 0.2) is 11.6 Å². The average Bonchev–Trinajstić information content (AvgIpc) is 3.44. The Hall–Kier alpha value is -3.90. The summed E-state index contributed by atoms with van der Waals surface area (Å²) < 4.78 is 52.3. The first-order chi connectivity index (χ1) is 20.3. The summed E-state index contributed by atoms with van der Waals surface area (Å²) in [6, 6.07) is 8.01. The first-order valence-electron chi connectivity index (χ1n) is 14.1. The minimum Gasteiger partial charge on any atom is -0.591 e. The second kappa shape index (κ2) is 11.9. The maximum atomic E-state index is 16.4. The van der Waals surface area contributed by atoms with Gasteiger partial charge in [0.1, 0.15) is 33.0 Å². The number of nitrogens with zero attached hydrogens (tertiary/aromatic N) is 4. The van der Waals surface area contributed by atoms with Gasteiger partial charge in [-0.2, -0.15) is 0 Å². The number of hydrogen-bond donors (Lipinski definition) is 0. The number of fused-ring (bicyclic) bond motifs is 2. The second-order valence-electron chi connectivity index (χ2n) is 12.7. The molecule has 0 aliphatic carbocycles. The quantitative estimate of drug-likeness (QED) is 0.129. The highest BCUT2D eigenvalue weighted by atomic mass is 32.2. The average molecular weight is 627 g/mol. The lowest BCUT2D eigenvalue weighted by Crippen LogP contribution is -2.28. The van der Waals surface area contributed by atoms with Crippen molar-refractivity contribution in [3.8, 4) is 17.3 Å². The van der Waals surface area contributed by atoms with E-state index in [0.717, 1.165) is 4.57 Å². The normalized spacial score (nSPS) is 13.5. The number of imidazole rings is 1. The number of methoxy groups -OCH3 is 1. The monoisotopic (exact) mass is 626 g/mol. The summed E-state index contributed by atoms with van der Waals surface area (Å²) in [7, 11) is 3.21. The molecule has 0 aliphatic rings. The van der Waals surface area contributed by atoms with Gasteiger partial charge in [-0.05, 0) is 86.6 Å². The number of aromatic nitrogens is 3. The maximum Gasteiger partial charge on any atom is 0.419 e. The Morgan fingerprint density at radius 2 is 1.73 bits per heavy atom. The number of esters is 1. The minimum absolute atomic E-state index is 0.0388. The molecule has 0 bridgehead atoms. The van der Waals surface area contributed by atoms with E-state index in [1.165, 1.54) is 7.11 Å². The van der Waals surface area contributed by atoms with Crippen LogP contribution < -0.4 is 4.74 Å². The van der Waals surface area contributed by atoms with Crippen molar-refractivity contribution in [1.29, 1.82) is 0 Å². The van der Waals surface area contributed by atoms with Gasteiger partial charge in [0.2, 0.25) is 0 Å². The molecule has 0 amide bonds. The molecule has 0 N–H and O–H groups in total. The summed E-state index contributed by atoms with van der Waals surface area (Å²) in [6.07, 6.45) is -1.14. The Bertz CT molecular complexity index is 1790. The molecule has 4 aromatic rings. The van der Waals surface area contributed by atoms with Crippen LogP contribution in [0.25, 0.3) is 33.5 Å². The van der Waals surface area contributed by atoms with Gasteiger partial charge in [0.05, 0.1) is 41.2 Å². The Morgan fingerprint density at radius 3 is 2.30 bits per heavy atom. The van der Waals surface area contributed by atoms with E-state index in [1.807, 2.05) is 0 Å². The van der Waals surface area contributed by atoms with Gasteiger partial charge < -0.3 is 23.3 Å². The van der Waals surface area contributed by atoms with Gasteiger partial charge in [0.25, 0.3) is 0 Å². The molecule has 0 unspecified atom stereocenters. The fraction of sp³-hybridized carbons (Fsp3) is 0.438. The van der Waals surface area contributed by atoms with Crippen molar-refractivity contribution >= 4 is 51.1 Å². The van der Waals surface area contributed by atoms with Gasteiger partial charge in [-0.25, -0.2) is 23.5 Å². The zero-order valence-corrected chi connectivity index (χ0v) is 27.8. The van der Waals surface area contributed by atoms with Crippen LogP contribution in [-0.4, -0.2) is 60.0 Å². The predicted molar refractivity (Wildman–Crippen MR) is 170 cm³/mol. The van der Waals surface area contributed by atoms with Crippen LogP contribution in [0.15, 0.2) is 34.7 Å². The van der Waals surface area contributed by atoms with Gasteiger partial charge in [-0.1, -0.05) is 10.5 Å². The van der Waals surface area contributed by atoms with E-state index < -0.39 is 39.6 Å². The van der Waals surface area contributed by atoms with Gasteiger partial charge >= 0.3 is 12.1 Å². The summed E-state index contributed by atoms with van der Waals surface area (Å²) in [5.41, 5.74) is 0.868. The van der Waals surface area contributed by atoms with Crippen LogP contribution in [0.5, 0.6) is 5.75 Å². The molecule has 0 saturated heterocycles. The van der Waals surface area contributed by atoms with E-state index >= 15 is 4.39 Å². The molecule has 236 valence electrons. The van der Waals surface area contributed by atoms with E-state index in [4.69, 9.17) is 19.2 Å². The molecule has 4 rings (SSSR count). The van der Waals surface area contributed by atoms with Crippen LogP contribution in [0.3, 0.4) is 0 Å². The van der Waals surface area contributed by atoms with Crippen molar-refractivity contribution in [2.24, 2.45) is 11.4 Å². The standard InChI is InChI=1S/C32H39FN4O6S/c1-17(2)42-29(38)20-14-22-27(24(16-20)41-11)36(10)28(34-22)23-15-19-12-13-21(18(3)35-44(40)32(7,8)9)25(33)26(19)37(23)30(39)43-31(4,5)6/h12-17H,1-11H3/b35-18+/t44-/m0/s1. The predicted octanol–water partition coefficient (Wildman–Crippen LogP) is 6.96. The molecule has 12 heteroatoms. The van der Waals surface area contributed by atoms with Crippen molar-refractivity contribution in [1.82, 2.24) is 14.1 Å². The number of halogens is 1. The van der Waals surface area contributed by atoms with Crippen molar-refractivity contribution in [2.45, 2.75) is 78.8 Å². The Kier molecular flexibility index (Phi) is 8.92. The van der Waals surface area contributed by atoms with Gasteiger partial charge in [-0.3, -0.25) is 0 Å². The molecule has 10 nitrogen and oxygen atoms in total. The minimum atomic E-state index is -1.62. The first kappa shape index (κ1) is 33.0. The van der Waals surface area contributed by atoms with E-state index in [0.29, 0.717) is 28.0 Å². The fourth-order valence-electron chi connectivity index (χ4n) is 4.60. The largest absolute Gasteiger partial charge is 0.591 e. The van der Waals surface area contributed by atoms with Crippen LogP contribution in [0.4, 0.5) is 9.18 Å². The van der Waals surface area contributed by atoms with Crippen LogP contribution in [0.2, 0.25) is 0 Å². The molecule has 2 aromatic heterocycles. The molecule has 2 heterocycles. The third kappa shape index (κ3) is 6.46. The number of ether oxygens (including phenoxy) is 3. The molecule has 0 fully saturated rings. The molecule has 0 spiro atoms. The van der Waals surface area contributed by atoms with E-state index in [-0.39, 0.29) is 34.2 Å². The molecule has 0 aliphatic heterocycles.